The van der Waals surface area contributed by atoms with Gasteiger partial charge >= 0.3 is 0 Å². The first-order chi connectivity index (χ1) is 18.6. The van der Waals surface area contributed by atoms with Gasteiger partial charge in [-0.15, -0.1) is 0 Å². The molecule has 1 aromatic heterocycles. The Bertz CT molecular complexity index is 1400. The molecular weight excluding hydrogens is 525 g/mol. The number of sulfonamides is 1. The fraction of sp³-hybridized carbons (Fsp3) is 0.393. The molecule has 1 fully saturated rings. The van der Waals surface area contributed by atoms with E-state index in [1.807, 2.05) is 17.0 Å². The maximum absolute atomic E-state index is 14.5. The number of fused-ring (bicyclic) bond motifs is 1. The van der Waals surface area contributed by atoms with E-state index in [0.717, 1.165) is 5.56 Å². The Kier molecular flexibility index (Phi) is 7.99. The van der Waals surface area contributed by atoms with Crippen molar-refractivity contribution in [2.75, 3.05) is 26.2 Å². The Morgan fingerprint density at radius 3 is 2.56 bits per heavy atom. The predicted molar refractivity (Wildman–Crippen MR) is 142 cm³/mol. The van der Waals surface area contributed by atoms with E-state index >= 15 is 0 Å². The third kappa shape index (κ3) is 6.29. The molecule has 1 aliphatic carbocycles. The molecule has 2 aromatic carbocycles. The number of nitrogens with one attached hydrogen (secondary N) is 1. The molecule has 1 spiro atoms. The molecule has 0 radical (unpaired) electrons. The lowest BCUT2D eigenvalue weighted by molar-refractivity contribution is 0.0427. The van der Waals surface area contributed by atoms with E-state index in [0.29, 0.717) is 24.2 Å². The van der Waals surface area contributed by atoms with Crippen LogP contribution in [0, 0.1) is 11.2 Å². The van der Waals surface area contributed by atoms with Gasteiger partial charge in [-0.05, 0) is 48.2 Å². The number of aliphatic hydroxyl groups excluding tert-OH is 3. The lowest BCUT2D eigenvalue weighted by Gasteiger charge is -2.37. The Morgan fingerprint density at radius 1 is 1.08 bits per heavy atom. The van der Waals surface area contributed by atoms with Crippen LogP contribution in [0.3, 0.4) is 0 Å². The molecule has 1 unspecified atom stereocenters. The predicted octanol–water partition coefficient (Wildman–Crippen LogP) is 1.92. The van der Waals surface area contributed by atoms with Gasteiger partial charge in [-0.1, -0.05) is 30.3 Å². The maximum atomic E-state index is 14.5. The Morgan fingerprint density at radius 2 is 1.85 bits per heavy atom. The van der Waals surface area contributed by atoms with Crippen molar-refractivity contribution in [3.63, 3.8) is 0 Å². The minimum atomic E-state index is -4.10. The molecule has 4 atom stereocenters. The molecule has 208 valence electrons. The third-order valence-electron chi connectivity index (χ3n) is 7.35. The molecule has 5 rings (SSSR count). The van der Waals surface area contributed by atoms with Gasteiger partial charge in [-0.2, -0.15) is 0 Å². The van der Waals surface area contributed by atoms with E-state index in [-0.39, 0.29) is 43.2 Å². The number of hydrogen-bond acceptors (Lipinski definition) is 8. The van der Waals surface area contributed by atoms with Crippen molar-refractivity contribution in [3.8, 4) is 16.9 Å². The van der Waals surface area contributed by atoms with Gasteiger partial charge in [-0.3, -0.25) is 9.88 Å². The zero-order valence-corrected chi connectivity index (χ0v) is 22.1. The Labute approximate surface area is 227 Å². The van der Waals surface area contributed by atoms with E-state index in [4.69, 9.17) is 4.74 Å². The van der Waals surface area contributed by atoms with Crippen molar-refractivity contribution in [1.82, 2.24) is 14.6 Å². The fourth-order valence-electron chi connectivity index (χ4n) is 5.53. The van der Waals surface area contributed by atoms with Crippen LogP contribution in [0.2, 0.25) is 0 Å². The summed E-state index contributed by atoms with van der Waals surface area (Å²) >= 11 is 0. The molecule has 39 heavy (non-hydrogen) atoms. The zero-order chi connectivity index (χ0) is 27.6. The second-order valence-corrected chi connectivity index (χ2v) is 12.2. The maximum Gasteiger partial charge on any atom is 0.244 e. The summed E-state index contributed by atoms with van der Waals surface area (Å²) in [6, 6.07) is 14.2. The van der Waals surface area contributed by atoms with Crippen molar-refractivity contribution in [2.45, 2.75) is 42.6 Å². The first kappa shape index (κ1) is 27.6. The highest BCUT2D eigenvalue weighted by Gasteiger charge is 2.46. The van der Waals surface area contributed by atoms with Crippen LogP contribution in [0.15, 0.2) is 71.9 Å². The molecule has 9 nitrogen and oxygen atoms in total. The minimum Gasteiger partial charge on any atom is -0.492 e. The molecule has 11 heteroatoms. The highest BCUT2D eigenvalue weighted by molar-refractivity contribution is 7.89. The van der Waals surface area contributed by atoms with Crippen LogP contribution in [-0.4, -0.2) is 78.2 Å². The summed E-state index contributed by atoms with van der Waals surface area (Å²) in [5, 5.41) is 31.8. The van der Waals surface area contributed by atoms with E-state index in [2.05, 4.69) is 9.71 Å². The zero-order valence-electron chi connectivity index (χ0n) is 21.3. The number of nitrogens with zero attached hydrogens (tertiary/aromatic N) is 2. The highest BCUT2D eigenvalue weighted by atomic mass is 32.2. The monoisotopic (exact) mass is 557 g/mol. The van der Waals surface area contributed by atoms with Gasteiger partial charge in [0.05, 0.1) is 24.9 Å². The number of aromatic nitrogens is 1. The molecule has 2 aliphatic rings. The van der Waals surface area contributed by atoms with E-state index in [9.17, 15) is 28.1 Å². The molecule has 1 aliphatic heterocycles. The van der Waals surface area contributed by atoms with E-state index in [1.54, 1.807) is 30.6 Å². The first-order valence-corrected chi connectivity index (χ1v) is 14.3. The van der Waals surface area contributed by atoms with Crippen molar-refractivity contribution in [1.29, 1.82) is 0 Å². The molecule has 3 aromatic rings. The van der Waals surface area contributed by atoms with Crippen LogP contribution in [0.4, 0.5) is 4.39 Å². The molecule has 4 N–H and O–H groups in total. The number of ether oxygens (including phenoxy) is 1. The minimum absolute atomic E-state index is 0.00992. The van der Waals surface area contributed by atoms with Crippen LogP contribution < -0.4 is 9.46 Å². The number of rotatable bonds is 3. The largest absolute Gasteiger partial charge is 0.492 e. The van der Waals surface area contributed by atoms with Crippen molar-refractivity contribution in [2.24, 2.45) is 5.41 Å². The van der Waals surface area contributed by atoms with Crippen LogP contribution >= 0.6 is 0 Å². The van der Waals surface area contributed by atoms with Crippen molar-refractivity contribution < 1.29 is 32.9 Å². The number of aliphatic hydroxyl groups is 3. The molecule has 2 heterocycles. The molecular formula is C28H32FN3O6S. The lowest BCUT2D eigenvalue weighted by atomic mass is 9.85. The molecule has 0 amide bonds. The standard InChI is InChI=1S/C28H32FN3O6S/c29-23-6-2-1-5-22(23)20-7-8-27-26(10-20)38-18-28(11-24(34)25(35)12-28)17-32(15-19-4-3-9-30-13-19)16-21(33)14-31-39(27,36)37/h1-10,13,21,24-25,31,33-35H,11-12,14-18H2/t21-,24-,25+,28?/m0/s1. The summed E-state index contributed by atoms with van der Waals surface area (Å²) in [7, 11) is -4.10. The van der Waals surface area contributed by atoms with E-state index < -0.39 is 39.6 Å². The van der Waals surface area contributed by atoms with Crippen LogP contribution in [0.25, 0.3) is 11.1 Å². The molecule has 0 saturated heterocycles. The summed E-state index contributed by atoms with van der Waals surface area (Å²) in [6.45, 7) is 0.675. The lowest BCUT2D eigenvalue weighted by Crippen LogP contribution is -2.46. The number of pyridine rings is 1. The van der Waals surface area contributed by atoms with Crippen LogP contribution in [0.5, 0.6) is 5.75 Å². The van der Waals surface area contributed by atoms with Gasteiger partial charge in [0.25, 0.3) is 0 Å². The Balaban J connectivity index is 1.54. The summed E-state index contributed by atoms with van der Waals surface area (Å²) in [5.41, 5.74) is 0.878. The smallest absolute Gasteiger partial charge is 0.244 e. The fourth-order valence-corrected chi connectivity index (χ4v) is 6.72. The second kappa shape index (κ2) is 11.3. The topological polar surface area (TPSA) is 132 Å². The summed E-state index contributed by atoms with van der Waals surface area (Å²) in [4.78, 5) is 5.98. The Hall–Kier alpha value is -2.93. The quantitative estimate of drug-likeness (QED) is 0.384. The number of hydrogen-bond donors (Lipinski definition) is 4. The summed E-state index contributed by atoms with van der Waals surface area (Å²) in [6.07, 6.45) is 0.846. The highest BCUT2D eigenvalue weighted by Crippen LogP contribution is 2.41. The second-order valence-electron chi connectivity index (χ2n) is 10.5. The van der Waals surface area contributed by atoms with Gasteiger partial charge in [0.1, 0.15) is 16.5 Å². The van der Waals surface area contributed by atoms with Crippen molar-refractivity contribution >= 4 is 10.0 Å². The van der Waals surface area contributed by atoms with Gasteiger partial charge in [0.2, 0.25) is 10.0 Å². The first-order valence-electron chi connectivity index (χ1n) is 12.8. The van der Waals surface area contributed by atoms with Gasteiger partial charge in [0, 0.05) is 49.6 Å². The number of halogens is 1. The average Bonchev–Trinajstić information content (AvgIpc) is 3.19. The van der Waals surface area contributed by atoms with Gasteiger partial charge < -0.3 is 20.1 Å². The summed E-state index contributed by atoms with van der Waals surface area (Å²) in [5.74, 6) is -0.438. The van der Waals surface area contributed by atoms with E-state index in [1.165, 1.54) is 24.3 Å². The van der Waals surface area contributed by atoms with Gasteiger partial charge in [-0.25, -0.2) is 17.5 Å². The average molecular weight is 558 g/mol. The normalized spacial score (nSPS) is 27.7. The SMILES string of the molecule is O=S1(=O)NC[C@H](O)CN(Cc2cccnc2)CC2(COc3cc(-c4ccccc4F)ccc31)C[C@@H](O)[C@@H](O)C2. The number of β-amino-alcohol motifs (C(OH)–C–C–N with tert-alkyl or cyclic N) is 1. The van der Waals surface area contributed by atoms with Crippen molar-refractivity contribution in [3.05, 3.63) is 78.4 Å². The molecule has 0 bridgehead atoms. The van der Waals surface area contributed by atoms with Gasteiger partial charge in [0.15, 0.2) is 0 Å². The summed E-state index contributed by atoms with van der Waals surface area (Å²) < 4.78 is 49.8. The molecule has 1 saturated carbocycles. The third-order valence-corrected chi connectivity index (χ3v) is 8.81. The van der Waals surface area contributed by atoms with Crippen LogP contribution in [-0.2, 0) is 16.6 Å². The number of benzene rings is 2. The van der Waals surface area contributed by atoms with Crippen LogP contribution in [0.1, 0.15) is 18.4 Å².